The zero-order chi connectivity index (χ0) is 14.2. The predicted molar refractivity (Wildman–Crippen MR) is 67.4 cm³/mol. The monoisotopic (exact) mass is 286 g/mol. The van der Waals surface area contributed by atoms with Crippen LogP contribution in [0, 0.1) is 5.41 Å². The van der Waals surface area contributed by atoms with Gasteiger partial charge in [0.1, 0.15) is 11.3 Å². The predicted octanol–water partition coefficient (Wildman–Crippen LogP) is 3.01. The second-order valence-corrected chi connectivity index (χ2v) is 5.77. The molecule has 1 aromatic rings. The number of hydrogen-bond acceptors (Lipinski definition) is 3. The Balaban J connectivity index is 1.65. The van der Waals surface area contributed by atoms with E-state index in [0.717, 1.165) is 57.2 Å². The van der Waals surface area contributed by atoms with Gasteiger partial charge >= 0.3 is 6.18 Å². The van der Waals surface area contributed by atoms with Crippen molar-refractivity contribution in [3.05, 3.63) is 24.0 Å². The molecule has 0 atom stereocenters. The minimum absolute atomic E-state index is 0.113. The van der Waals surface area contributed by atoms with Crippen LogP contribution in [0.4, 0.5) is 13.2 Å². The highest BCUT2D eigenvalue weighted by Gasteiger charge is 2.46. The minimum atomic E-state index is -4.39. The lowest BCUT2D eigenvalue weighted by Gasteiger charge is -2.49. The van der Waals surface area contributed by atoms with Gasteiger partial charge in [-0.2, -0.15) is 13.2 Å². The largest absolute Gasteiger partial charge is 0.488 e. The molecule has 2 aliphatic rings. The molecule has 0 amide bonds. The van der Waals surface area contributed by atoms with Gasteiger partial charge in [-0.1, -0.05) is 0 Å². The molecule has 1 saturated carbocycles. The van der Waals surface area contributed by atoms with Crippen molar-refractivity contribution in [2.24, 2.45) is 5.41 Å². The van der Waals surface area contributed by atoms with Gasteiger partial charge in [0.2, 0.25) is 0 Å². The van der Waals surface area contributed by atoms with E-state index in [1.54, 1.807) is 0 Å². The Morgan fingerprint density at radius 2 is 1.95 bits per heavy atom. The Morgan fingerprint density at radius 3 is 2.60 bits per heavy atom. The van der Waals surface area contributed by atoms with Gasteiger partial charge < -0.3 is 10.1 Å². The van der Waals surface area contributed by atoms with Gasteiger partial charge in [-0.15, -0.1) is 0 Å². The molecule has 1 N–H and O–H groups in total. The van der Waals surface area contributed by atoms with E-state index in [0.29, 0.717) is 0 Å². The van der Waals surface area contributed by atoms with Gasteiger partial charge in [-0.05, 0) is 50.3 Å². The summed E-state index contributed by atoms with van der Waals surface area (Å²) in [6.07, 6.45) is 1.67. The summed E-state index contributed by atoms with van der Waals surface area (Å²) in [5, 5.41) is 3.30. The van der Waals surface area contributed by atoms with Crippen LogP contribution in [0.1, 0.15) is 31.2 Å². The Morgan fingerprint density at radius 1 is 1.25 bits per heavy atom. The number of hydrogen-bond donors (Lipinski definition) is 1. The molecule has 0 radical (unpaired) electrons. The summed E-state index contributed by atoms with van der Waals surface area (Å²) >= 11 is 0. The number of ether oxygens (including phenoxy) is 1. The lowest BCUT2D eigenvalue weighted by molar-refractivity contribution is -0.140. The van der Waals surface area contributed by atoms with Crippen molar-refractivity contribution >= 4 is 0 Å². The van der Waals surface area contributed by atoms with E-state index in [2.05, 4.69) is 10.3 Å². The van der Waals surface area contributed by atoms with Crippen LogP contribution in [-0.2, 0) is 6.18 Å². The first-order chi connectivity index (χ1) is 9.49. The zero-order valence-corrected chi connectivity index (χ0v) is 11.0. The third-order valence-electron chi connectivity index (χ3n) is 4.37. The van der Waals surface area contributed by atoms with Gasteiger partial charge in [-0.25, -0.2) is 0 Å². The van der Waals surface area contributed by atoms with Crippen molar-refractivity contribution in [3.8, 4) is 5.75 Å². The molecule has 0 aromatic carbocycles. The average Bonchev–Trinajstić information content (AvgIpc) is 2.37. The maximum absolute atomic E-state index is 12.9. The SMILES string of the molecule is FC(F)(F)c1ccncc1OC1CC2(CCNCC2)C1. The summed E-state index contributed by atoms with van der Waals surface area (Å²) < 4.78 is 44.1. The fourth-order valence-electron chi connectivity index (χ4n) is 3.24. The van der Waals surface area contributed by atoms with Crippen LogP contribution in [0.5, 0.6) is 5.75 Å². The molecule has 1 spiro atoms. The van der Waals surface area contributed by atoms with Gasteiger partial charge in [0, 0.05) is 6.20 Å². The lowest BCUT2D eigenvalue weighted by atomic mass is 9.62. The maximum atomic E-state index is 12.9. The molecule has 1 aliphatic carbocycles. The fourth-order valence-corrected chi connectivity index (χ4v) is 3.24. The van der Waals surface area contributed by atoms with Gasteiger partial charge in [0.15, 0.2) is 0 Å². The Labute approximate surface area is 115 Å². The molecule has 110 valence electrons. The Hall–Kier alpha value is -1.30. The highest BCUT2D eigenvalue weighted by molar-refractivity contribution is 5.32. The van der Waals surface area contributed by atoms with Crippen molar-refractivity contribution in [2.75, 3.05) is 13.1 Å². The standard InChI is InChI=1S/C14H17F3N2O/c15-14(16,17)11-1-4-19-9-12(11)20-10-7-13(8-10)2-5-18-6-3-13/h1,4,9-10,18H,2-3,5-8H2. The summed E-state index contributed by atoms with van der Waals surface area (Å²) in [7, 11) is 0. The smallest absolute Gasteiger partial charge is 0.420 e. The molecule has 20 heavy (non-hydrogen) atoms. The van der Waals surface area contributed by atoms with Crippen molar-refractivity contribution < 1.29 is 17.9 Å². The molecule has 1 aliphatic heterocycles. The molecular weight excluding hydrogens is 269 g/mol. The minimum Gasteiger partial charge on any atom is -0.488 e. The summed E-state index contributed by atoms with van der Waals surface area (Å²) in [4.78, 5) is 3.74. The summed E-state index contributed by atoms with van der Waals surface area (Å²) in [5.41, 5.74) is -0.449. The van der Waals surface area contributed by atoms with Crippen LogP contribution < -0.4 is 10.1 Å². The lowest BCUT2D eigenvalue weighted by Crippen LogP contribution is -2.49. The summed E-state index contributed by atoms with van der Waals surface area (Å²) in [6.45, 7) is 1.99. The van der Waals surface area contributed by atoms with Crippen LogP contribution in [0.25, 0.3) is 0 Å². The second-order valence-electron chi connectivity index (χ2n) is 5.77. The highest BCUT2D eigenvalue weighted by atomic mass is 19.4. The molecule has 1 saturated heterocycles. The van der Waals surface area contributed by atoms with Gasteiger partial charge in [0.05, 0.1) is 12.3 Å². The molecule has 3 rings (SSSR count). The molecule has 6 heteroatoms. The quantitative estimate of drug-likeness (QED) is 0.907. The molecule has 0 unspecified atom stereocenters. The summed E-state index contributed by atoms with van der Waals surface area (Å²) in [5.74, 6) is -0.145. The van der Waals surface area contributed by atoms with E-state index < -0.39 is 11.7 Å². The second kappa shape index (κ2) is 4.91. The van der Waals surface area contributed by atoms with Crippen LogP contribution in [-0.4, -0.2) is 24.2 Å². The number of alkyl halides is 3. The Bertz CT molecular complexity index is 476. The first-order valence-electron chi connectivity index (χ1n) is 6.87. The van der Waals surface area contributed by atoms with Gasteiger partial charge in [-0.3, -0.25) is 4.98 Å². The number of nitrogens with zero attached hydrogens (tertiary/aromatic N) is 1. The van der Waals surface area contributed by atoms with E-state index in [4.69, 9.17) is 4.74 Å². The van der Waals surface area contributed by atoms with E-state index in [1.807, 2.05) is 0 Å². The highest BCUT2D eigenvalue weighted by Crippen LogP contribution is 2.50. The number of halogens is 3. The molecule has 3 nitrogen and oxygen atoms in total. The third kappa shape index (κ3) is 2.61. The van der Waals surface area contributed by atoms with E-state index in [9.17, 15) is 13.2 Å². The van der Waals surface area contributed by atoms with Crippen molar-refractivity contribution in [2.45, 2.75) is 38.0 Å². The number of pyridine rings is 1. The number of piperidine rings is 1. The third-order valence-corrected chi connectivity index (χ3v) is 4.37. The maximum Gasteiger partial charge on any atom is 0.420 e. The van der Waals surface area contributed by atoms with E-state index in [-0.39, 0.29) is 17.3 Å². The fraction of sp³-hybridized carbons (Fsp3) is 0.643. The first-order valence-corrected chi connectivity index (χ1v) is 6.87. The summed E-state index contributed by atoms with van der Waals surface area (Å²) in [6, 6.07) is 0.967. The first kappa shape index (κ1) is 13.7. The van der Waals surface area contributed by atoms with E-state index >= 15 is 0 Å². The van der Waals surface area contributed by atoms with Crippen molar-refractivity contribution in [3.63, 3.8) is 0 Å². The van der Waals surface area contributed by atoms with Crippen molar-refractivity contribution in [1.29, 1.82) is 0 Å². The van der Waals surface area contributed by atoms with Crippen molar-refractivity contribution in [1.82, 2.24) is 10.3 Å². The zero-order valence-electron chi connectivity index (χ0n) is 11.0. The van der Waals surface area contributed by atoms with E-state index in [1.165, 1.54) is 0 Å². The number of rotatable bonds is 2. The van der Waals surface area contributed by atoms with Crippen LogP contribution in [0.15, 0.2) is 18.5 Å². The molecule has 0 bridgehead atoms. The van der Waals surface area contributed by atoms with Crippen LogP contribution >= 0.6 is 0 Å². The molecule has 1 aromatic heterocycles. The van der Waals surface area contributed by atoms with Crippen LogP contribution in [0.2, 0.25) is 0 Å². The molecular formula is C14H17F3N2O. The number of aromatic nitrogens is 1. The van der Waals surface area contributed by atoms with Crippen LogP contribution in [0.3, 0.4) is 0 Å². The number of nitrogens with one attached hydrogen (secondary N) is 1. The molecule has 2 heterocycles. The average molecular weight is 286 g/mol. The molecule has 2 fully saturated rings. The van der Waals surface area contributed by atoms with Gasteiger partial charge in [0.25, 0.3) is 0 Å². The normalized spacial score (nSPS) is 22.6. The topological polar surface area (TPSA) is 34.1 Å². The Kier molecular flexibility index (Phi) is 3.36.